The first-order valence-corrected chi connectivity index (χ1v) is 13.5. The van der Waals surface area contributed by atoms with Crippen LogP contribution in [0.25, 0.3) is 27.9 Å². The van der Waals surface area contributed by atoms with Gasteiger partial charge in [0.05, 0.1) is 11.0 Å². The van der Waals surface area contributed by atoms with Crippen molar-refractivity contribution in [2.45, 2.75) is 91.8 Å². The highest BCUT2D eigenvalue weighted by Crippen LogP contribution is 2.43. The highest BCUT2D eigenvalue weighted by molar-refractivity contribution is 6.11. The predicted octanol–water partition coefficient (Wildman–Crippen LogP) is 9.44. The number of benzene rings is 2. The van der Waals surface area contributed by atoms with Gasteiger partial charge in [0.15, 0.2) is 0 Å². The lowest BCUT2D eigenvalue weighted by molar-refractivity contribution is 0.0122. The lowest BCUT2D eigenvalue weighted by Crippen LogP contribution is -2.42. The minimum absolute atomic E-state index is 0.137. The fourth-order valence-electron chi connectivity index (χ4n) is 5.76. The predicted molar refractivity (Wildman–Crippen MR) is 153 cm³/mol. The van der Waals surface area contributed by atoms with E-state index in [2.05, 4.69) is 102 Å². The van der Waals surface area contributed by atoms with Crippen molar-refractivity contribution in [3.8, 4) is 11.5 Å². The molecular formula is C33H41NO2. The van der Waals surface area contributed by atoms with Gasteiger partial charge in [-0.05, 0) is 102 Å². The smallest absolute Gasteiger partial charge is 0.132 e. The van der Waals surface area contributed by atoms with Crippen molar-refractivity contribution in [1.82, 2.24) is 4.98 Å². The van der Waals surface area contributed by atoms with Crippen LogP contribution >= 0.6 is 0 Å². The van der Waals surface area contributed by atoms with Crippen molar-refractivity contribution < 1.29 is 9.47 Å². The third-order valence-corrected chi connectivity index (χ3v) is 8.29. The Balaban J connectivity index is 1.50. The lowest BCUT2D eigenvalue weighted by atomic mass is 9.78. The molecule has 0 amide bonds. The van der Waals surface area contributed by atoms with Crippen LogP contribution < -0.4 is 9.47 Å². The van der Waals surface area contributed by atoms with Crippen LogP contribution in [0.5, 0.6) is 11.5 Å². The van der Waals surface area contributed by atoms with E-state index in [0.29, 0.717) is 5.92 Å². The minimum Gasteiger partial charge on any atom is -0.487 e. The van der Waals surface area contributed by atoms with E-state index in [1.165, 1.54) is 27.5 Å². The number of fused-ring (bicyclic) bond motifs is 5. The Hall–Kier alpha value is -2.94. The Kier molecular flexibility index (Phi) is 6.31. The number of rotatable bonds is 6. The summed E-state index contributed by atoms with van der Waals surface area (Å²) in [6, 6.07) is 8.81. The van der Waals surface area contributed by atoms with Crippen LogP contribution in [0.3, 0.4) is 0 Å². The monoisotopic (exact) mass is 483 g/mol. The van der Waals surface area contributed by atoms with Crippen molar-refractivity contribution in [2.24, 2.45) is 5.92 Å². The van der Waals surface area contributed by atoms with Crippen molar-refractivity contribution in [2.75, 3.05) is 0 Å². The number of aromatic nitrogens is 1. The molecule has 3 nitrogen and oxygen atoms in total. The van der Waals surface area contributed by atoms with Crippen molar-refractivity contribution in [3.05, 3.63) is 64.8 Å². The maximum Gasteiger partial charge on any atom is 0.132 e. The molecule has 1 aromatic heterocycles. The van der Waals surface area contributed by atoms with Gasteiger partial charge in [-0.25, -0.2) is 0 Å². The number of aromatic amines is 1. The fraction of sp³-hybridized carbons (Fsp3) is 0.455. The number of hydrogen-bond acceptors (Lipinski definition) is 2. The van der Waals surface area contributed by atoms with E-state index in [4.69, 9.17) is 9.47 Å². The van der Waals surface area contributed by atoms with Crippen LogP contribution in [-0.2, 0) is 0 Å². The van der Waals surface area contributed by atoms with E-state index in [1.54, 1.807) is 0 Å². The summed E-state index contributed by atoms with van der Waals surface area (Å²) < 4.78 is 13.4. The first-order valence-electron chi connectivity index (χ1n) is 13.5. The van der Waals surface area contributed by atoms with Gasteiger partial charge in [-0.15, -0.1) is 0 Å². The van der Waals surface area contributed by atoms with E-state index in [1.807, 2.05) is 0 Å². The molecule has 36 heavy (non-hydrogen) atoms. The summed E-state index contributed by atoms with van der Waals surface area (Å²) in [7, 11) is 0. The van der Waals surface area contributed by atoms with Crippen LogP contribution in [0.2, 0.25) is 0 Å². The molecule has 1 aliphatic heterocycles. The number of nitrogens with one attached hydrogen (secondary N) is 1. The van der Waals surface area contributed by atoms with Gasteiger partial charge in [0.1, 0.15) is 22.7 Å². The summed E-state index contributed by atoms with van der Waals surface area (Å²) in [5, 5.41) is 2.47. The maximum absolute atomic E-state index is 6.77. The molecule has 190 valence electrons. The average molecular weight is 484 g/mol. The quantitative estimate of drug-likeness (QED) is 0.354. The molecule has 1 N–H and O–H groups in total. The zero-order chi connectivity index (χ0) is 25.7. The first-order chi connectivity index (χ1) is 17.1. The Labute approximate surface area is 216 Å². The SMILES string of the molecule is CC(C)=CCCC1(C)C=Cc2c(c(C)cc3c2[nH]c2cc(OC4(C(C)C)CC=C(C)CC4)ccc23)O1. The van der Waals surface area contributed by atoms with Crippen LogP contribution in [0.1, 0.15) is 84.8 Å². The second-order valence-electron chi connectivity index (χ2n) is 11.8. The molecule has 3 aromatic rings. The van der Waals surface area contributed by atoms with Gasteiger partial charge in [0.25, 0.3) is 0 Å². The molecule has 2 aromatic carbocycles. The number of allylic oxidation sites excluding steroid dienone is 3. The van der Waals surface area contributed by atoms with E-state index >= 15 is 0 Å². The standard InChI is InChI=1S/C33H41NO2/c1-21(2)9-8-15-32(7)16-14-27-30-28(19-24(6)31(27)36-32)26-11-10-25(20-29(26)34-30)35-33(22(3)4)17-12-23(5)13-18-33/h9-12,14,16,19-20,22,34H,8,13,15,17-18H2,1-7H3. The molecule has 0 saturated heterocycles. The van der Waals surface area contributed by atoms with Gasteiger partial charge in [-0.2, -0.15) is 0 Å². The van der Waals surface area contributed by atoms with Crippen LogP contribution in [0, 0.1) is 12.8 Å². The van der Waals surface area contributed by atoms with E-state index in [-0.39, 0.29) is 11.2 Å². The molecule has 2 aliphatic rings. The normalized spacial score (nSPS) is 23.5. The van der Waals surface area contributed by atoms with E-state index in [9.17, 15) is 0 Å². The summed E-state index contributed by atoms with van der Waals surface area (Å²) in [6.07, 6.45) is 14.3. The third kappa shape index (κ3) is 4.49. The molecule has 0 spiro atoms. The molecular weight excluding hydrogens is 442 g/mol. The van der Waals surface area contributed by atoms with Gasteiger partial charge in [0.2, 0.25) is 0 Å². The molecule has 5 rings (SSSR count). The summed E-state index contributed by atoms with van der Waals surface area (Å²) in [6.45, 7) is 15.4. The second kappa shape index (κ2) is 9.18. The highest BCUT2D eigenvalue weighted by Gasteiger charge is 2.37. The number of hydrogen-bond donors (Lipinski definition) is 1. The van der Waals surface area contributed by atoms with Gasteiger partial charge < -0.3 is 14.5 Å². The summed E-state index contributed by atoms with van der Waals surface area (Å²) in [4.78, 5) is 3.71. The van der Waals surface area contributed by atoms with E-state index < -0.39 is 0 Å². The largest absolute Gasteiger partial charge is 0.487 e. The van der Waals surface area contributed by atoms with Crippen LogP contribution in [-0.4, -0.2) is 16.2 Å². The molecule has 0 saturated carbocycles. The Morgan fingerprint density at radius 3 is 2.67 bits per heavy atom. The number of ether oxygens (including phenoxy) is 2. The van der Waals surface area contributed by atoms with Gasteiger partial charge in [0, 0.05) is 28.8 Å². The molecule has 3 heteroatoms. The van der Waals surface area contributed by atoms with Crippen LogP contribution in [0.4, 0.5) is 0 Å². The van der Waals surface area contributed by atoms with Crippen molar-refractivity contribution in [1.29, 1.82) is 0 Å². The number of aryl methyl sites for hydroxylation is 1. The molecule has 2 heterocycles. The lowest BCUT2D eigenvalue weighted by Gasteiger charge is -2.40. The summed E-state index contributed by atoms with van der Waals surface area (Å²) in [5.74, 6) is 2.39. The average Bonchev–Trinajstić information content (AvgIpc) is 3.18. The fourth-order valence-corrected chi connectivity index (χ4v) is 5.76. The molecule has 1 aliphatic carbocycles. The molecule has 2 atom stereocenters. The molecule has 2 unspecified atom stereocenters. The maximum atomic E-state index is 6.77. The van der Waals surface area contributed by atoms with Crippen molar-refractivity contribution in [3.63, 3.8) is 0 Å². The van der Waals surface area contributed by atoms with Gasteiger partial charge >= 0.3 is 0 Å². The zero-order valence-corrected chi connectivity index (χ0v) is 23.0. The van der Waals surface area contributed by atoms with Gasteiger partial charge in [-0.3, -0.25) is 0 Å². The molecule has 0 bridgehead atoms. The highest BCUT2D eigenvalue weighted by atomic mass is 16.5. The number of H-pyrrole nitrogens is 1. The van der Waals surface area contributed by atoms with Crippen LogP contribution in [0.15, 0.2) is 53.6 Å². The minimum atomic E-state index is -0.289. The second-order valence-corrected chi connectivity index (χ2v) is 11.8. The van der Waals surface area contributed by atoms with E-state index in [0.717, 1.165) is 60.2 Å². The summed E-state index contributed by atoms with van der Waals surface area (Å²) in [5.41, 5.74) is 6.98. The van der Waals surface area contributed by atoms with Gasteiger partial charge in [-0.1, -0.05) is 37.1 Å². The zero-order valence-electron chi connectivity index (χ0n) is 23.0. The first kappa shape index (κ1) is 24.7. The Morgan fingerprint density at radius 2 is 1.97 bits per heavy atom. The molecule has 0 fully saturated rings. The molecule has 0 radical (unpaired) electrons. The summed E-state index contributed by atoms with van der Waals surface area (Å²) >= 11 is 0. The van der Waals surface area contributed by atoms with Crippen molar-refractivity contribution >= 4 is 27.9 Å². The Morgan fingerprint density at radius 1 is 1.17 bits per heavy atom. The third-order valence-electron chi connectivity index (χ3n) is 8.29. The Bertz CT molecular complexity index is 1400. The topological polar surface area (TPSA) is 34.2 Å².